The van der Waals surface area contributed by atoms with Crippen LogP contribution in [0.2, 0.25) is 0 Å². The predicted octanol–water partition coefficient (Wildman–Crippen LogP) is 2.51. The SMILES string of the molecule is NC(=O)CC[C@H]1C(=O)N(C(Cc2ccccc2)C(=O)NCCCc2ccccc2)CC2N(C(=O)O)O[C@H](Cc3ccccc3)C(=O)N21. The monoisotopic (exact) mass is 641 g/mol. The summed E-state index contributed by atoms with van der Waals surface area (Å²) in [5.41, 5.74) is 8.11. The highest BCUT2D eigenvalue weighted by molar-refractivity contribution is 5.95. The molecule has 2 heterocycles. The van der Waals surface area contributed by atoms with Gasteiger partial charge in [0.15, 0.2) is 12.3 Å². The molecule has 0 aromatic heterocycles. The smallest absolute Gasteiger partial charge is 0.433 e. The van der Waals surface area contributed by atoms with E-state index in [1.807, 2.05) is 66.7 Å². The van der Waals surface area contributed by atoms with E-state index < -0.39 is 54.1 Å². The number of nitrogens with one attached hydrogen (secondary N) is 1. The second-order valence-corrected chi connectivity index (χ2v) is 11.7. The maximum atomic E-state index is 14.3. The molecule has 0 radical (unpaired) electrons. The lowest BCUT2D eigenvalue weighted by Gasteiger charge is -2.53. The van der Waals surface area contributed by atoms with Gasteiger partial charge in [0.25, 0.3) is 5.91 Å². The van der Waals surface area contributed by atoms with Crippen LogP contribution in [-0.4, -0.2) is 87.1 Å². The van der Waals surface area contributed by atoms with Gasteiger partial charge in [0.1, 0.15) is 12.1 Å². The van der Waals surface area contributed by atoms with Crippen molar-refractivity contribution in [2.24, 2.45) is 5.73 Å². The fourth-order valence-electron chi connectivity index (χ4n) is 6.17. The Morgan fingerprint density at radius 1 is 0.872 bits per heavy atom. The van der Waals surface area contributed by atoms with E-state index >= 15 is 0 Å². The van der Waals surface area contributed by atoms with Crippen LogP contribution in [0.3, 0.4) is 0 Å². The lowest BCUT2D eigenvalue weighted by Crippen LogP contribution is -2.75. The van der Waals surface area contributed by atoms with Crippen molar-refractivity contribution in [2.45, 2.75) is 62.9 Å². The van der Waals surface area contributed by atoms with Gasteiger partial charge in [-0.3, -0.25) is 24.0 Å². The molecule has 5 rings (SSSR count). The molecule has 0 aliphatic carbocycles. The fourth-order valence-corrected chi connectivity index (χ4v) is 6.17. The lowest BCUT2D eigenvalue weighted by molar-refractivity contribution is -0.265. The normalized spacial score (nSPS) is 20.0. The van der Waals surface area contributed by atoms with Gasteiger partial charge in [-0.15, -0.1) is 0 Å². The molecule has 246 valence electrons. The van der Waals surface area contributed by atoms with Crippen molar-refractivity contribution in [3.05, 3.63) is 108 Å². The molecule has 0 saturated carbocycles. The largest absolute Gasteiger partial charge is 0.463 e. The van der Waals surface area contributed by atoms with Gasteiger partial charge in [-0.05, 0) is 36.0 Å². The number of hydrogen-bond donors (Lipinski definition) is 3. The van der Waals surface area contributed by atoms with Crippen LogP contribution < -0.4 is 11.1 Å². The number of nitrogens with two attached hydrogens (primary N) is 1. The molecule has 2 unspecified atom stereocenters. The number of rotatable bonds is 13. The Balaban J connectivity index is 1.43. The second kappa shape index (κ2) is 15.4. The predicted molar refractivity (Wildman–Crippen MR) is 171 cm³/mol. The molecule has 2 fully saturated rings. The molecule has 0 spiro atoms. The van der Waals surface area contributed by atoms with Gasteiger partial charge in [-0.2, -0.15) is 5.06 Å². The molecule has 0 bridgehead atoms. The van der Waals surface area contributed by atoms with E-state index in [0.717, 1.165) is 23.1 Å². The molecule has 47 heavy (non-hydrogen) atoms. The number of carbonyl (C=O) groups excluding carboxylic acids is 4. The average molecular weight is 642 g/mol. The van der Waals surface area contributed by atoms with E-state index in [4.69, 9.17) is 10.6 Å². The van der Waals surface area contributed by atoms with Crippen molar-refractivity contribution in [2.75, 3.05) is 13.1 Å². The van der Waals surface area contributed by atoms with Crippen LogP contribution in [0, 0.1) is 0 Å². The summed E-state index contributed by atoms with van der Waals surface area (Å²) in [6.07, 6.45) is -2.70. The third-order valence-corrected chi connectivity index (χ3v) is 8.48. The number of carbonyl (C=O) groups is 5. The van der Waals surface area contributed by atoms with Gasteiger partial charge in [-0.25, -0.2) is 4.79 Å². The third kappa shape index (κ3) is 8.14. The van der Waals surface area contributed by atoms with Crippen LogP contribution in [0.25, 0.3) is 0 Å². The van der Waals surface area contributed by atoms with Crippen LogP contribution >= 0.6 is 0 Å². The molecule has 3 aromatic carbocycles. The number of benzene rings is 3. The first-order valence-electron chi connectivity index (χ1n) is 15.7. The summed E-state index contributed by atoms with van der Waals surface area (Å²) in [6, 6.07) is 25.7. The number of amides is 5. The number of aryl methyl sites for hydroxylation is 1. The maximum Gasteiger partial charge on any atom is 0.433 e. The Morgan fingerprint density at radius 3 is 2.06 bits per heavy atom. The Labute approximate surface area is 273 Å². The van der Waals surface area contributed by atoms with Crippen molar-refractivity contribution < 1.29 is 33.9 Å². The van der Waals surface area contributed by atoms with Crippen LogP contribution in [0.15, 0.2) is 91.0 Å². The van der Waals surface area contributed by atoms with E-state index in [1.165, 1.54) is 9.80 Å². The van der Waals surface area contributed by atoms with E-state index in [-0.39, 0.29) is 32.2 Å². The topological polar surface area (TPSA) is 163 Å². The molecule has 12 heteroatoms. The van der Waals surface area contributed by atoms with Crippen LogP contribution in [0.5, 0.6) is 0 Å². The summed E-state index contributed by atoms with van der Waals surface area (Å²) in [7, 11) is 0. The van der Waals surface area contributed by atoms with Crippen molar-refractivity contribution in [1.82, 2.24) is 20.2 Å². The molecular formula is C35H39N5O7. The Morgan fingerprint density at radius 2 is 1.47 bits per heavy atom. The summed E-state index contributed by atoms with van der Waals surface area (Å²) in [5, 5.41) is 13.9. The third-order valence-electron chi connectivity index (χ3n) is 8.48. The maximum absolute atomic E-state index is 14.3. The molecule has 12 nitrogen and oxygen atoms in total. The summed E-state index contributed by atoms with van der Waals surface area (Å²) < 4.78 is 0. The molecule has 2 saturated heterocycles. The quantitative estimate of drug-likeness (QED) is 0.242. The molecule has 3 aromatic rings. The van der Waals surface area contributed by atoms with E-state index in [2.05, 4.69) is 5.32 Å². The number of nitrogens with zero attached hydrogens (tertiary/aromatic N) is 3. The van der Waals surface area contributed by atoms with Gasteiger partial charge in [-0.1, -0.05) is 91.0 Å². The highest BCUT2D eigenvalue weighted by atomic mass is 16.7. The van der Waals surface area contributed by atoms with Gasteiger partial charge >= 0.3 is 6.09 Å². The van der Waals surface area contributed by atoms with Gasteiger partial charge < -0.3 is 26.0 Å². The van der Waals surface area contributed by atoms with E-state index in [9.17, 15) is 29.1 Å². The molecule has 4 N–H and O–H groups in total. The minimum Gasteiger partial charge on any atom is -0.463 e. The molecule has 4 atom stereocenters. The average Bonchev–Trinajstić information content (AvgIpc) is 3.07. The van der Waals surface area contributed by atoms with Crippen LogP contribution in [-0.2, 0) is 43.3 Å². The minimum atomic E-state index is -1.46. The minimum absolute atomic E-state index is 0.0646. The lowest BCUT2D eigenvalue weighted by atomic mass is 9.96. The van der Waals surface area contributed by atoms with Gasteiger partial charge in [0.2, 0.25) is 17.7 Å². The van der Waals surface area contributed by atoms with Crippen molar-refractivity contribution >= 4 is 29.7 Å². The summed E-state index contributed by atoms with van der Waals surface area (Å²) >= 11 is 0. The van der Waals surface area contributed by atoms with Crippen LogP contribution in [0.1, 0.15) is 36.0 Å². The Hall–Kier alpha value is -5.23. The first-order chi connectivity index (χ1) is 22.7. The van der Waals surface area contributed by atoms with Crippen molar-refractivity contribution in [3.63, 3.8) is 0 Å². The number of primary amides is 1. The van der Waals surface area contributed by atoms with Crippen LogP contribution in [0.4, 0.5) is 4.79 Å². The number of fused-ring (bicyclic) bond motifs is 1. The van der Waals surface area contributed by atoms with Gasteiger partial charge in [0, 0.05) is 25.8 Å². The van der Waals surface area contributed by atoms with E-state index in [1.54, 1.807) is 24.3 Å². The number of carboxylic acid groups (broad SMARTS) is 1. The zero-order chi connectivity index (χ0) is 33.3. The Kier molecular flexibility index (Phi) is 10.8. The fraction of sp³-hybridized carbons (Fsp3) is 0.343. The molecule has 2 aliphatic heterocycles. The van der Waals surface area contributed by atoms with Crippen molar-refractivity contribution in [3.8, 4) is 0 Å². The first-order valence-corrected chi connectivity index (χ1v) is 15.7. The molecule has 2 aliphatic rings. The summed E-state index contributed by atoms with van der Waals surface area (Å²) in [6.45, 7) is 0.0443. The zero-order valence-corrected chi connectivity index (χ0v) is 25.9. The van der Waals surface area contributed by atoms with Crippen molar-refractivity contribution in [1.29, 1.82) is 0 Å². The number of piperazine rings is 1. The molecule has 5 amide bonds. The number of hydrogen-bond acceptors (Lipinski definition) is 6. The highest BCUT2D eigenvalue weighted by Gasteiger charge is 2.54. The summed E-state index contributed by atoms with van der Waals surface area (Å²) in [5.74, 6) is -2.24. The molecular weight excluding hydrogens is 602 g/mol. The first kappa shape index (κ1) is 33.1. The van der Waals surface area contributed by atoms with Gasteiger partial charge in [0.05, 0.1) is 6.54 Å². The number of hydroxylamine groups is 2. The highest BCUT2D eigenvalue weighted by Crippen LogP contribution is 2.32. The zero-order valence-electron chi connectivity index (χ0n) is 25.9. The Bertz CT molecular complexity index is 1560. The standard InChI is InChI=1S/C35H39N5O7/c36-30(41)19-18-27-33(43)38(23-31-39(27)34(44)29(47-40(31)35(45)46)22-26-15-8-3-9-16-26)28(21-25-13-6-2-7-14-25)32(42)37-20-10-17-24-11-4-1-5-12-24/h1-9,11-16,27-29,31H,10,17-23H2,(H2,36,41)(H,37,42)(H,45,46)/t27-,28?,29+,31?/m0/s1. The second-order valence-electron chi connectivity index (χ2n) is 11.7. The van der Waals surface area contributed by atoms with E-state index in [0.29, 0.717) is 18.0 Å². The summed E-state index contributed by atoms with van der Waals surface area (Å²) in [4.78, 5) is 74.9.